The third-order valence-electron chi connectivity index (χ3n) is 3.28. The third kappa shape index (κ3) is 3.35. The van der Waals surface area contributed by atoms with E-state index in [1.807, 2.05) is 42.2 Å². The number of aryl methyl sites for hydroxylation is 1. The van der Waals surface area contributed by atoms with Crippen LogP contribution in [0.2, 0.25) is 0 Å². The molecule has 2 aromatic rings. The van der Waals surface area contributed by atoms with Gasteiger partial charge in [-0.1, -0.05) is 18.2 Å². The van der Waals surface area contributed by atoms with Gasteiger partial charge in [0.1, 0.15) is 11.6 Å². The largest absolute Gasteiger partial charge is 0.496 e. The van der Waals surface area contributed by atoms with Gasteiger partial charge in [0.25, 0.3) is 0 Å². The van der Waals surface area contributed by atoms with E-state index < -0.39 is 0 Å². The van der Waals surface area contributed by atoms with Crippen molar-refractivity contribution >= 4 is 0 Å². The molecule has 0 aliphatic heterocycles. The highest BCUT2D eigenvalue weighted by Crippen LogP contribution is 2.17. The van der Waals surface area contributed by atoms with Crippen molar-refractivity contribution in [3.05, 3.63) is 48.0 Å². The number of ether oxygens (including phenoxy) is 1. The summed E-state index contributed by atoms with van der Waals surface area (Å²) in [6, 6.07) is 8.38. The van der Waals surface area contributed by atoms with Crippen LogP contribution in [-0.4, -0.2) is 23.2 Å². The molecule has 0 amide bonds. The van der Waals surface area contributed by atoms with Crippen molar-refractivity contribution in [2.45, 2.75) is 19.4 Å². The van der Waals surface area contributed by atoms with Gasteiger partial charge < -0.3 is 14.6 Å². The number of hydrogen-bond donors (Lipinski definition) is 1. The summed E-state index contributed by atoms with van der Waals surface area (Å²) in [7, 11) is 3.73. The van der Waals surface area contributed by atoms with Crippen LogP contribution < -0.4 is 10.1 Å². The summed E-state index contributed by atoms with van der Waals surface area (Å²) in [5.41, 5.74) is 1.23. The zero-order chi connectivity index (χ0) is 13.7. The fourth-order valence-electron chi connectivity index (χ4n) is 2.22. The molecule has 1 N–H and O–H groups in total. The Balaban J connectivity index is 1.88. The Morgan fingerprint density at radius 2 is 2.16 bits per heavy atom. The van der Waals surface area contributed by atoms with Crippen LogP contribution >= 0.6 is 0 Å². The maximum absolute atomic E-state index is 5.35. The highest BCUT2D eigenvalue weighted by Gasteiger charge is 2.09. The van der Waals surface area contributed by atoms with Gasteiger partial charge in [-0.15, -0.1) is 0 Å². The molecular weight excluding hydrogens is 238 g/mol. The molecule has 1 heterocycles. The van der Waals surface area contributed by atoms with Gasteiger partial charge in [-0.2, -0.15) is 0 Å². The number of methoxy groups -OCH3 is 1. The fraction of sp³-hybridized carbons (Fsp3) is 0.400. The summed E-state index contributed by atoms with van der Waals surface area (Å²) in [5, 5.41) is 3.49. The van der Waals surface area contributed by atoms with Crippen molar-refractivity contribution in [2.24, 2.45) is 7.05 Å². The van der Waals surface area contributed by atoms with Crippen molar-refractivity contribution in [3.8, 4) is 5.75 Å². The molecule has 102 valence electrons. The van der Waals surface area contributed by atoms with Crippen LogP contribution in [0, 0.1) is 0 Å². The number of nitrogens with one attached hydrogen (secondary N) is 1. The van der Waals surface area contributed by atoms with Crippen LogP contribution in [0.5, 0.6) is 5.75 Å². The Labute approximate surface area is 114 Å². The molecule has 1 aromatic carbocycles. The zero-order valence-corrected chi connectivity index (χ0v) is 11.8. The minimum atomic E-state index is 0.245. The first-order chi connectivity index (χ1) is 9.22. The topological polar surface area (TPSA) is 39.1 Å². The molecule has 0 radical (unpaired) electrons. The lowest BCUT2D eigenvalue weighted by molar-refractivity contribution is 0.408. The molecule has 0 saturated heterocycles. The molecule has 19 heavy (non-hydrogen) atoms. The Morgan fingerprint density at radius 1 is 1.37 bits per heavy atom. The predicted octanol–water partition coefficient (Wildman–Crippen LogP) is 2.32. The van der Waals surface area contributed by atoms with E-state index in [0.717, 1.165) is 24.5 Å². The van der Waals surface area contributed by atoms with E-state index >= 15 is 0 Å². The van der Waals surface area contributed by atoms with Gasteiger partial charge in [0.2, 0.25) is 0 Å². The monoisotopic (exact) mass is 259 g/mol. The summed E-state index contributed by atoms with van der Waals surface area (Å²) in [5.74, 6) is 2.01. The van der Waals surface area contributed by atoms with Crippen LogP contribution in [0.4, 0.5) is 0 Å². The lowest BCUT2D eigenvalue weighted by atomic mass is 10.1. The molecule has 0 spiro atoms. The Kier molecular flexibility index (Phi) is 4.58. The molecule has 0 aliphatic rings. The van der Waals surface area contributed by atoms with Gasteiger partial charge in [0, 0.05) is 19.4 Å². The highest BCUT2D eigenvalue weighted by atomic mass is 16.5. The summed E-state index contributed by atoms with van der Waals surface area (Å²) in [4.78, 5) is 4.35. The van der Waals surface area contributed by atoms with Gasteiger partial charge in [-0.25, -0.2) is 4.98 Å². The first-order valence-electron chi connectivity index (χ1n) is 6.55. The number of benzene rings is 1. The number of nitrogens with zero attached hydrogens (tertiary/aromatic N) is 2. The van der Waals surface area contributed by atoms with Crippen molar-refractivity contribution in [1.29, 1.82) is 0 Å². The predicted molar refractivity (Wildman–Crippen MR) is 76.3 cm³/mol. The van der Waals surface area contributed by atoms with E-state index in [0.29, 0.717) is 0 Å². The lowest BCUT2D eigenvalue weighted by Crippen LogP contribution is -2.23. The van der Waals surface area contributed by atoms with Crippen LogP contribution in [0.1, 0.15) is 24.4 Å². The second kappa shape index (κ2) is 6.38. The summed E-state index contributed by atoms with van der Waals surface area (Å²) >= 11 is 0. The number of imidazole rings is 1. The van der Waals surface area contributed by atoms with Crippen LogP contribution in [0.15, 0.2) is 36.7 Å². The molecule has 4 heteroatoms. The lowest BCUT2D eigenvalue weighted by Gasteiger charge is -2.14. The van der Waals surface area contributed by atoms with E-state index in [1.54, 1.807) is 7.11 Å². The number of rotatable bonds is 6. The smallest absolute Gasteiger partial charge is 0.125 e. The minimum Gasteiger partial charge on any atom is -0.496 e. The van der Waals surface area contributed by atoms with Gasteiger partial charge in [-0.3, -0.25) is 0 Å². The van der Waals surface area contributed by atoms with Crippen LogP contribution in [0.25, 0.3) is 0 Å². The quantitative estimate of drug-likeness (QED) is 0.865. The second-order valence-corrected chi connectivity index (χ2v) is 4.63. The molecule has 1 unspecified atom stereocenters. The highest BCUT2D eigenvalue weighted by molar-refractivity contribution is 5.33. The van der Waals surface area contributed by atoms with Gasteiger partial charge in [-0.05, 0) is 31.5 Å². The molecule has 0 saturated carbocycles. The van der Waals surface area contributed by atoms with Crippen molar-refractivity contribution in [2.75, 3.05) is 13.7 Å². The molecule has 0 fully saturated rings. The van der Waals surface area contributed by atoms with Gasteiger partial charge in [0.05, 0.1) is 13.2 Å². The second-order valence-electron chi connectivity index (χ2n) is 4.63. The Hall–Kier alpha value is -1.81. The van der Waals surface area contributed by atoms with Crippen LogP contribution in [0.3, 0.4) is 0 Å². The molecular formula is C15H21N3O. The first-order valence-corrected chi connectivity index (χ1v) is 6.55. The summed E-state index contributed by atoms with van der Waals surface area (Å²) in [6.07, 6.45) is 4.74. The van der Waals surface area contributed by atoms with Crippen LogP contribution in [-0.2, 0) is 13.5 Å². The number of aromatic nitrogens is 2. The van der Waals surface area contributed by atoms with E-state index in [9.17, 15) is 0 Å². The third-order valence-corrected chi connectivity index (χ3v) is 3.28. The normalized spacial score (nSPS) is 12.4. The van der Waals surface area contributed by atoms with Gasteiger partial charge >= 0.3 is 0 Å². The standard InChI is InChI=1S/C15H21N3O/c1-12(15-17-10-11-18(15)2)16-9-8-13-6-4-5-7-14(13)19-3/h4-7,10-12,16H,8-9H2,1-3H3. The minimum absolute atomic E-state index is 0.245. The molecule has 1 aromatic heterocycles. The van der Waals surface area contributed by atoms with E-state index in [2.05, 4.69) is 23.3 Å². The van der Waals surface area contributed by atoms with Crippen molar-refractivity contribution in [3.63, 3.8) is 0 Å². The summed E-state index contributed by atoms with van der Waals surface area (Å²) < 4.78 is 7.39. The zero-order valence-electron chi connectivity index (χ0n) is 11.8. The Bertz CT molecular complexity index is 522. The molecule has 0 bridgehead atoms. The molecule has 2 rings (SSSR count). The number of para-hydroxylation sites is 1. The number of hydrogen-bond acceptors (Lipinski definition) is 3. The van der Waals surface area contributed by atoms with E-state index in [1.165, 1.54) is 5.56 Å². The molecule has 1 atom stereocenters. The fourth-order valence-corrected chi connectivity index (χ4v) is 2.22. The average molecular weight is 259 g/mol. The maximum atomic E-state index is 5.35. The molecule has 0 aliphatic carbocycles. The first kappa shape index (κ1) is 13.6. The summed E-state index contributed by atoms with van der Waals surface area (Å²) in [6.45, 7) is 3.03. The average Bonchev–Trinajstić information content (AvgIpc) is 2.85. The molecule has 4 nitrogen and oxygen atoms in total. The van der Waals surface area contributed by atoms with E-state index in [4.69, 9.17) is 4.74 Å². The van der Waals surface area contributed by atoms with Crippen molar-refractivity contribution in [1.82, 2.24) is 14.9 Å². The van der Waals surface area contributed by atoms with Crippen molar-refractivity contribution < 1.29 is 4.74 Å². The SMILES string of the molecule is COc1ccccc1CCNC(C)c1nccn1C. The Morgan fingerprint density at radius 3 is 2.84 bits per heavy atom. The maximum Gasteiger partial charge on any atom is 0.125 e. The van der Waals surface area contributed by atoms with Gasteiger partial charge in [0.15, 0.2) is 0 Å². The van der Waals surface area contributed by atoms with E-state index in [-0.39, 0.29) is 6.04 Å².